The lowest BCUT2D eigenvalue weighted by Crippen LogP contribution is -2.35. The van der Waals surface area contributed by atoms with Gasteiger partial charge in [0.15, 0.2) is 0 Å². The first-order chi connectivity index (χ1) is 8.83. The van der Waals surface area contributed by atoms with Crippen LogP contribution in [-0.2, 0) is 6.54 Å². The highest BCUT2D eigenvalue weighted by molar-refractivity contribution is 5.51. The molecule has 0 radical (unpaired) electrons. The molecule has 0 fully saturated rings. The highest BCUT2D eigenvalue weighted by Crippen LogP contribution is 2.20. The van der Waals surface area contributed by atoms with E-state index in [4.69, 9.17) is 0 Å². The fraction of sp³-hybridized carbons (Fsp3) is 0.688. The summed E-state index contributed by atoms with van der Waals surface area (Å²) in [5, 5.41) is 3.53. The Morgan fingerprint density at radius 3 is 2.63 bits per heavy atom. The van der Waals surface area contributed by atoms with Gasteiger partial charge in [-0.3, -0.25) is 4.98 Å². The minimum Gasteiger partial charge on any atom is -0.374 e. The van der Waals surface area contributed by atoms with Crippen molar-refractivity contribution in [3.8, 4) is 0 Å². The molecule has 3 nitrogen and oxygen atoms in total. The van der Waals surface area contributed by atoms with E-state index in [1.165, 1.54) is 17.7 Å². The van der Waals surface area contributed by atoms with Crippen LogP contribution in [0, 0.1) is 5.92 Å². The van der Waals surface area contributed by atoms with E-state index >= 15 is 0 Å². The quantitative estimate of drug-likeness (QED) is 0.852. The van der Waals surface area contributed by atoms with Gasteiger partial charge in [0.1, 0.15) is 0 Å². The number of rotatable bonds is 6. The van der Waals surface area contributed by atoms with Crippen LogP contribution in [0.25, 0.3) is 0 Å². The Hall–Kier alpha value is -1.09. The molecule has 0 aliphatic rings. The van der Waals surface area contributed by atoms with Crippen molar-refractivity contribution in [2.45, 2.75) is 53.1 Å². The van der Waals surface area contributed by atoms with E-state index in [9.17, 15) is 0 Å². The second-order valence-electron chi connectivity index (χ2n) is 6.50. The molecule has 0 amide bonds. The van der Waals surface area contributed by atoms with Crippen molar-refractivity contribution in [3.05, 3.63) is 24.0 Å². The second-order valence-corrected chi connectivity index (χ2v) is 6.50. The molecule has 0 saturated heterocycles. The number of hydrogen-bond acceptors (Lipinski definition) is 3. The van der Waals surface area contributed by atoms with Crippen LogP contribution in [0.1, 0.15) is 46.6 Å². The molecule has 0 aromatic carbocycles. The van der Waals surface area contributed by atoms with Gasteiger partial charge in [0.05, 0.1) is 0 Å². The lowest BCUT2D eigenvalue weighted by Gasteiger charge is -2.27. The molecule has 1 heterocycles. The fourth-order valence-electron chi connectivity index (χ4n) is 1.98. The first kappa shape index (κ1) is 16.0. The van der Waals surface area contributed by atoms with Crippen LogP contribution >= 0.6 is 0 Å². The van der Waals surface area contributed by atoms with Gasteiger partial charge in [0.2, 0.25) is 0 Å². The third-order valence-corrected chi connectivity index (χ3v) is 3.38. The van der Waals surface area contributed by atoms with E-state index in [2.05, 4.69) is 62.9 Å². The van der Waals surface area contributed by atoms with Crippen LogP contribution in [0.2, 0.25) is 0 Å². The van der Waals surface area contributed by atoms with E-state index in [0.29, 0.717) is 5.92 Å². The number of hydrogen-bond donors (Lipinski definition) is 1. The summed E-state index contributed by atoms with van der Waals surface area (Å²) in [6.45, 7) is 13.0. The maximum absolute atomic E-state index is 4.26. The molecule has 0 bridgehead atoms. The zero-order chi connectivity index (χ0) is 14.5. The van der Waals surface area contributed by atoms with Crippen molar-refractivity contribution in [2.24, 2.45) is 5.92 Å². The van der Waals surface area contributed by atoms with Crippen LogP contribution in [-0.4, -0.2) is 24.1 Å². The zero-order valence-electron chi connectivity index (χ0n) is 13.3. The van der Waals surface area contributed by atoms with Crippen molar-refractivity contribution >= 4 is 5.69 Å². The lowest BCUT2D eigenvalue weighted by molar-refractivity contribution is 0.424. The number of nitrogens with one attached hydrogen (secondary N) is 1. The first-order valence-electron chi connectivity index (χ1n) is 7.22. The monoisotopic (exact) mass is 263 g/mol. The van der Waals surface area contributed by atoms with Crippen molar-refractivity contribution in [1.82, 2.24) is 10.3 Å². The van der Waals surface area contributed by atoms with E-state index in [1.807, 2.05) is 12.4 Å². The number of aromatic nitrogens is 1. The highest BCUT2D eigenvalue weighted by Gasteiger charge is 2.13. The summed E-state index contributed by atoms with van der Waals surface area (Å²) in [5.74, 6) is 0.710. The maximum atomic E-state index is 4.26. The Morgan fingerprint density at radius 1 is 1.37 bits per heavy atom. The fourth-order valence-corrected chi connectivity index (χ4v) is 1.98. The van der Waals surface area contributed by atoms with Gasteiger partial charge in [0.25, 0.3) is 0 Å². The Labute approximate surface area is 118 Å². The lowest BCUT2D eigenvalue weighted by atomic mass is 10.1. The topological polar surface area (TPSA) is 28.2 Å². The molecule has 0 saturated carbocycles. The van der Waals surface area contributed by atoms with Crippen LogP contribution in [0.4, 0.5) is 5.69 Å². The van der Waals surface area contributed by atoms with Gasteiger partial charge >= 0.3 is 0 Å². The molecular formula is C16H29N3. The van der Waals surface area contributed by atoms with Gasteiger partial charge in [-0.2, -0.15) is 0 Å². The summed E-state index contributed by atoms with van der Waals surface area (Å²) in [7, 11) is 2.17. The molecule has 1 unspecified atom stereocenters. The Balaban J connectivity index is 2.77. The minimum atomic E-state index is 0.127. The van der Waals surface area contributed by atoms with Crippen LogP contribution in [0.3, 0.4) is 0 Å². The van der Waals surface area contributed by atoms with Gasteiger partial charge in [0, 0.05) is 49.3 Å². The molecule has 1 aromatic heterocycles. The molecule has 0 aliphatic heterocycles. The van der Waals surface area contributed by atoms with Gasteiger partial charge in [-0.05, 0) is 32.8 Å². The summed E-state index contributed by atoms with van der Waals surface area (Å²) < 4.78 is 0. The zero-order valence-corrected chi connectivity index (χ0v) is 13.3. The van der Waals surface area contributed by atoms with Gasteiger partial charge in [-0.1, -0.05) is 20.3 Å². The molecule has 1 N–H and O–H groups in total. The highest BCUT2D eigenvalue weighted by atomic mass is 15.1. The van der Waals surface area contributed by atoms with Crippen molar-refractivity contribution in [1.29, 1.82) is 0 Å². The molecule has 3 heteroatoms. The third kappa shape index (κ3) is 5.60. The molecule has 1 rings (SSSR count). The number of anilines is 1. The van der Waals surface area contributed by atoms with Gasteiger partial charge in [-0.25, -0.2) is 0 Å². The van der Waals surface area contributed by atoms with Gasteiger partial charge in [-0.15, -0.1) is 0 Å². The van der Waals surface area contributed by atoms with Crippen molar-refractivity contribution < 1.29 is 0 Å². The smallest absolute Gasteiger partial charge is 0.0440 e. The van der Waals surface area contributed by atoms with Crippen LogP contribution < -0.4 is 10.2 Å². The molecule has 0 spiro atoms. The molecule has 108 valence electrons. The van der Waals surface area contributed by atoms with E-state index in [1.54, 1.807) is 0 Å². The van der Waals surface area contributed by atoms with Gasteiger partial charge < -0.3 is 10.2 Å². The predicted molar refractivity (Wildman–Crippen MR) is 83.6 cm³/mol. The predicted octanol–water partition coefficient (Wildman–Crippen LogP) is 3.45. The van der Waals surface area contributed by atoms with Crippen molar-refractivity contribution in [2.75, 3.05) is 18.5 Å². The standard InChI is InChI=1S/C16H29N3/c1-7-13(2)12-19(6)15-8-9-17-10-14(15)11-18-16(3,4)5/h8-10,13,18H,7,11-12H2,1-6H3. The summed E-state index contributed by atoms with van der Waals surface area (Å²) >= 11 is 0. The average Bonchev–Trinajstić information content (AvgIpc) is 2.35. The summed E-state index contributed by atoms with van der Waals surface area (Å²) in [4.78, 5) is 6.60. The summed E-state index contributed by atoms with van der Waals surface area (Å²) in [5.41, 5.74) is 2.68. The maximum Gasteiger partial charge on any atom is 0.0440 e. The first-order valence-corrected chi connectivity index (χ1v) is 7.22. The SMILES string of the molecule is CCC(C)CN(C)c1ccncc1CNC(C)(C)C. The molecule has 1 atom stereocenters. The minimum absolute atomic E-state index is 0.127. The normalized spacial score (nSPS) is 13.4. The molecule has 1 aromatic rings. The van der Waals surface area contributed by atoms with Crippen LogP contribution in [0.15, 0.2) is 18.5 Å². The van der Waals surface area contributed by atoms with E-state index in [-0.39, 0.29) is 5.54 Å². The van der Waals surface area contributed by atoms with Crippen LogP contribution in [0.5, 0.6) is 0 Å². The molecular weight excluding hydrogens is 234 g/mol. The Morgan fingerprint density at radius 2 is 2.05 bits per heavy atom. The van der Waals surface area contributed by atoms with Crippen molar-refractivity contribution in [3.63, 3.8) is 0 Å². The summed E-state index contributed by atoms with van der Waals surface area (Å²) in [6, 6.07) is 2.11. The number of nitrogens with zero attached hydrogens (tertiary/aromatic N) is 2. The third-order valence-electron chi connectivity index (χ3n) is 3.38. The Kier molecular flexibility index (Phi) is 5.80. The summed E-state index contributed by atoms with van der Waals surface area (Å²) in [6.07, 6.45) is 5.06. The number of pyridine rings is 1. The molecule has 19 heavy (non-hydrogen) atoms. The van der Waals surface area contributed by atoms with E-state index in [0.717, 1.165) is 13.1 Å². The average molecular weight is 263 g/mol. The van der Waals surface area contributed by atoms with E-state index < -0.39 is 0 Å². The molecule has 0 aliphatic carbocycles. The largest absolute Gasteiger partial charge is 0.374 e. The second kappa shape index (κ2) is 6.90. The Bertz CT molecular complexity index is 382.